The summed E-state index contributed by atoms with van der Waals surface area (Å²) in [6.07, 6.45) is 1.73. The highest BCUT2D eigenvalue weighted by Crippen LogP contribution is 2.21. The van der Waals surface area contributed by atoms with Gasteiger partial charge >= 0.3 is 0 Å². The van der Waals surface area contributed by atoms with E-state index in [0.29, 0.717) is 18.9 Å². The Morgan fingerprint density at radius 2 is 2.00 bits per heavy atom. The van der Waals surface area contributed by atoms with E-state index < -0.39 is 0 Å². The molecule has 0 bridgehead atoms. The van der Waals surface area contributed by atoms with E-state index in [1.165, 1.54) is 13.0 Å². The van der Waals surface area contributed by atoms with E-state index >= 15 is 0 Å². The fourth-order valence-electron chi connectivity index (χ4n) is 3.74. The van der Waals surface area contributed by atoms with Gasteiger partial charge in [0.1, 0.15) is 0 Å². The largest absolute Gasteiger partial charge is 0.357 e. The number of para-hydroxylation sites is 1. The van der Waals surface area contributed by atoms with Gasteiger partial charge in [-0.2, -0.15) is 0 Å². The number of carbonyl (C=O) groups excluding carboxylic acids is 1. The second-order valence-corrected chi connectivity index (χ2v) is 7.15. The zero-order valence-electron chi connectivity index (χ0n) is 16.4. The molecule has 6 nitrogen and oxygen atoms in total. The minimum atomic E-state index is 0. The summed E-state index contributed by atoms with van der Waals surface area (Å²) in [6.45, 7) is 10.1. The summed E-state index contributed by atoms with van der Waals surface area (Å²) in [5.74, 6) is 1.63. The normalized spacial score (nSPS) is 23.4. The number of hydrogen-bond donors (Lipinski definition) is 2. The van der Waals surface area contributed by atoms with Gasteiger partial charge in [0.25, 0.3) is 0 Å². The highest BCUT2D eigenvalue weighted by atomic mass is 127. The molecular formula is C20H32IN5O. The SMILES string of the molecule is CCNC(=NCC1CCN(CC)C1)NC1CC(=O)N(c2ccccc2)C1.I. The van der Waals surface area contributed by atoms with Crippen molar-refractivity contribution in [2.24, 2.45) is 10.9 Å². The Bertz CT molecular complexity index is 624. The van der Waals surface area contributed by atoms with Gasteiger partial charge in [-0.15, -0.1) is 24.0 Å². The van der Waals surface area contributed by atoms with E-state index in [2.05, 4.69) is 29.4 Å². The fraction of sp³-hybridized carbons (Fsp3) is 0.600. The van der Waals surface area contributed by atoms with Crippen LogP contribution in [0.25, 0.3) is 0 Å². The monoisotopic (exact) mass is 485 g/mol. The van der Waals surface area contributed by atoms with Crippen LogP contribution in [0.1, 0.15) is 26.7 Å². The zero-order valence-corrected chi connectivity index (χ0v) is 18.7. The molecule has 0 aliphatic carbocycles. The Balaban J connectivity index is 0.00000261. The van der Waals surface area contributed by atoms with Crippen molar-refractivity contribution in [1.82, 2.24) is 15.5 Å². The van der Waals surface area contributed by atoms with Crippen molar-refractivity contribution >= 4 is 41.5 Å². The lowest BCUT2D eigenvalue weighted by atomic mass is 10.1. The molecule has 0 saturated carbocycles. The lowest BCUT2D eigenvalue weighted by Crippen LogP contribution is -2.45. The van der Waals surface area contributed by atoms with Crippen LogP contribution >= 0.6 is 24.0 Å². The molecule has 1 aromatic rings. The minimum absolute atomic E-state index is 0. The molecule has 3 rings (SSSR count). The molecule has 2 atom stereocenters. The second-order valence-electron chi connectivity index (χ2n) is 7.15. The number of aliphatic imine (C=N–C) groups is 1. The van der Waals surface area contributed by atoms with Crippen LogP contribution < -0.4 is 15.5 Å². The lowest BCUT2D eigenvalue weighted by molar-refractivity contribution is -0.117. The van der Waals surface area contributed by atoms with Crippen LogP contribution in [-0.4, -0.2) is 62.1 Å². The standard InChI is InChI=1S/C20H31N5O.HI/c1-3-21-20(22-13-16-10-11-24(4-2)14-16)23-17-12-19(26)25(15-17)18-8-6-5-7-9-18;/h5-9,16-17H,3-4,10-15H2,1-2H3,(H2,21,22,23);1H. The predicted octanol–water partition coefficient (Wildman–Crippen LogP) is 2.31. The predicted molar refractivity (Wildman–Crippen MR) is 122 cm³/mol. The van der Waals surface area contributed by atoms with Crippen molar-refractivity contribution in [1.29, 1.82) is 0 Å². The molecular weight excluding hydrogens is 453 g/mol. The van der Waals surface area contributed by atoms with Gasteiger partial charge in [0, 0.05) is 38.3 Å². The number of nitrogens with zero attached hydrogens (tertiary/aromatic N) is 3. The third-order valence-corrected chi connectivity index (χ3v) is 5.20. The van der Waals surface area contributed by atoms with Crippen LogP contribution in [0.3, 0.4) is 0 Å². The topological polar surface area (TPSA) is 60.0 Å². The molecule has 2 aliphatic rings. The summed E-state index contributed by atoms with van der Waals surface area (Å²) >= 11 is 0. The maximum Gasteiger partial charge on any atom is 0.229 e. The Morgan fingerprint density at radius 1 is 1.22 bits per heavy atom. The van der Waals surface area contributed by atoms with E-state index in [9.17, 15) is 4.79 Å². The number of likely N-dealkylation sites (tertiary alicyclic amines) is 1. The molecule has 2 unspecified atom stereocenters. The second kappa shape index (κ2) is 10.8. The number of rotatable bonds is 6. The van der Waals surface area contributed by atoms with E-state index in [-0.39, 0.29) is 35.9 Å². The van der Waals surface area contributed by atoms with Crippen LogP contribution in [-0.2, 0) is 4.79 Å². The van der Waals surface area contributed by atoms with Crippen molar-refractivity contribution in [3.63, 3.8) is 0 Å². The van der Waals surface area contributed by atoms with Gasteiger partial charge in [-0.3, -0.25) is 9.79 Å². The minimum Gasteiger partial charge on any atom is -0.357 e. The number of carbonyl (C=O) groups is 1. The summed E-state index contributed by atoms with van der Waals surface area (Å²) in [5, 5.41) is 6.78. The lowest BCUT2D eigenvalue weighted by Gasteiger charge is -2.19. The Hall–Kier alpha value is -1.35. The molecule has 2 N–H and O–H groups in total. The molecule has 7 heteroatoms. The van der Waals surface area contributed by atoms with Gasteiger partial charge in [-0.05, 0) is 44.5 Å². The number of anilines is 1. The van der Waals surface area contributed by atoms with Crippen molar-refractivity contribution in [2.75, 3.05) is 44.2 Å². The van der Waals surface area contributed by atoms with Crippen molar-refractivity contribution in [2.45, 2.75) is 32.7 Å². The third-order valence-electron chi connectivity index (χ3n) is 5.20. The van der Waals surface area contributed by atoms with Crippen LogP contribution in [0.15, 0.2) is 35.3 Å². The highest BCUT2D eigenvalue weighted by molar-refractivity contribution is 14.0. The number of nitrogens with one attached hydrogen (secondary N) is 2. The average Bonchev–Trinajstić information content (AvgIpc) is 3.27. The van der Waals surface area contributed by atoms with Crippen LogP contribution in [0, 0.1) is 5.92 Å². The summed E-state index contributed by atoms with van der Waals surface area (Å²) in [7, 11) is 0. The Kier molecular flexibility index (Phi) is 8.82. The van der Waals surface area contributed by atoms with E-state index in [1.54, 1.807) is 0 Å². The van der Waals surface area contributed by atoms with Crippen molar-refractivity contribution < 1.29 is 4.79 Å². The first-order valence-electron chi connectivity index (χ1n) is 9.82. The third kappa shape index (κ3) is 6.07. The fourth-order valence-corrected chi connectivity index (χ4v) is 3.74. The molecule has 2 saturated heterocycles. The van der Waals surface area contributed by atoms with E-state index in [0.717, 1.165) is 37.8 Å². The van der Waals surface area contributed by atoms with E-state index in [4.69, 9.17) is 4.99 Å². The molecule has 0 radical (unpaired) electrons. The molecule has 2 aliphatic heterocycles. The van der Waals surface area contributed by atoms with Crippen LogP contribution in [0.5, 0.6) is 0 Å². The van der Waals surface area contributed by atoms with Crippen molar-refractivity contribution in [3.8, 4) is 0 Å². The molecule has 2 heterocycles. The number of guanidine groups is 1. The van der Waals surface area contributed by atoms with Gasteiger partial charge in [-0.1, -0.05) is 25.1 Å². The summed E-state index contributed by atoms with van der Waals surface area (Å²) in [4.78, 5) is 21.5. The molecule has 2 fully saturated rings. The molecule has 1 aromatic carbocycles. The summed E-state index contributed by atoms with van der Waals surface area (Å²) in [6, 6.07) is 9.97. The van der Waals surface area contributed by atoms with Crippen LogP contribution in [0.4, 0.5) is 5.69 Å². The van der Waals surface area contributed by atoms with Crippen LogP contribution in [0.2, 0.25) is 0 Å². The Labute approximate surface area is 179 Å². The molecule has 150 valence electrons. The van der Waals surface area contributed by atoms with Gasteiger partial charge in [0.05, 0.1) is 6.04 Å². The first kappa shape index (κ1) is 21.9. The first-order valence-corrected chi connectivity index (χ1v) is 9.82. The molecule has 1 amide bonds. The van der Waals surface area contributed by atoms with Gasteiger partial charge < -0.3 is 20.4 Å². The average molecular weight is 485 g/mol. The van der Waals surface area contributed by atoms with E-state index in [1.807, 2.05) is 35.2 Å². The zero-order chi connectivity index (χ0) is 18.4. The highest BCUT2D eigenvalue weighted by Gasteiger charge is 2.31. The number of amides is 1. The van der Waals surface area contributed by atoms with Gasteiger partial charge in [0.2, 0.25) is 5.91 Å². The van der Waals surface area contributed by atoms with Gasteiger partial charge in [0.15, 0.2) is 5.96 Å². The smallest absolute Gasteiger partial charge is 0.229 e. The maximum absolute atomic E-state index is 12.4. The molecule has 27 heavy (non-hydrogen) atoms. The van der Waals surface area contributed by atoms with Gasteiger partial charge in [-0.25, -0.2) is 0 Å². The first-order chi connectivity index (χ1) is 12.7. The molecule has 0 spiro atoms. The summed E-state index contributed by atoms with van der Waals surface area (Å²) in [5.41, 5.74) is 0.967. The quantitative estimate of drug-likeness (QED) is 0.369. The summed E-state index contributed by atoms with van der Waals surface area (Å²) < 4.78 is 0. The Morgan fingerprint density at radius 3 is 2.67 bits per heavy atom. The number of benzene rings is 1. The number of hydrogen-bond acceptors (Lipinski definition) is 3. The van der Waals surface area contributed by atoms with Crippen molar-refractivity contribution in [3.05, 3.63) is 30.3 Å². The molecule has 0 aromatic heterocycles. The maximum atomic E-state index is 12.4. The number of halogens is 1.